The predicted octanol–water partition coefficient (Wildman–Crippen LogP) is 5.75. The Morgan fingerprint density at radius 1 is 1.06 bits per heavy atom. The Bertz CT molecular complexity index is 1510. The van der Waals surface area contributed by atoms with E-state index in [1.165, 1.54) is 12.1 Å². The van der Waals surface area contributed by atoms with E-state index in [1.54, 1.807) is 6.07 Å². The van der Waals surface area contributed by atoms with Gasteiger partial charge in [0.25, 0.3) is 11.8 Å². The smallest absolute Gasteiger partial charge is 0.287 e. The van der Waals surface area contributed by atoms with E-state index in [0.717, 1.165) is 28.5 Å². The van der Waals surface area contributed by atoms with Gasteiger partial charge in [0, 0.05) is 29.6 Å². The van der Waals surface area contributed by atoms with Crippen LogP contribution in [0.25, 0.3) is 22.1 Å². The van der Waals surface area contributed by atoms with Crippen molar-refractivity contribution in [3.05, 3.63) is 95.0 Å². The zero-order valence-electron chi connectivity index (χ0n) is 20.3. The Morgan fingerprint density at radius 3 is 2.69 bits per heavy atom. The van der Waals surface area contributed by atoms with Gasteiger partial charge in [-0.2, -0.15) is 0 Å². The highest BCUT2D eigenvalue weighted by molar-refractivity contribution is 6.02. The minimum atomic E-state index is -0.337. The number of hydrogen-bond acceptors (Lipinski definition) is 3. The largest absolute Gasteiger partial charge is 0.451 e. The van der Waals surface area contributed by atoms with Crippen LogP contribution >= 0.6 is 0 Å². The quantitative estimate of drug-likeness (QED) is 0.394. The first-order valence-corrected chi connectivity index (χ1v) is 12.3. The number of furan rings is 1. The van der Waals surface area contributed by atoms with Gasteiger partial charge in [-0.3, -0.25) is 9.59 Å². The first-order valence-electron chi connectivity index (χ1n) is 12.3. The standard InChI is InChI=1S/C30H27FN2O3/c1-17-10-11-23(24(12-17)19-6-5-7-21(31)13-19)30(35)33-16-20-14-25(20)26(33)15-32-29(34)28-18(2)22-8-3-4-9-27(22)36-28/h3-13,20,25-26H,14-16H2,1-2H3,(H,32,34)/t20-,25-,26-/m1/s1. The van der Waals surface area contributed by atoms with Crippen LogP contribution in [-0.4, -0.2) is 35.8 Å². The van der Waals surface area contributed by atoms with Crippen LogP contribution in [0, 0.1) is 31.5 Å². The average Bonchev–Trinajstić information content (AvgIpc) is 3.44. The van der Waals surface area contributed by atoms with Crippen molar-refractivity contribution in [1.82, 2.24) is 10.2 Å². The predicted molar refractivity (Wildman–Crippen MR) is 136 cm³/mol. The molecule has 6 rings (SSSR count). The lowest BCUT2D eigenvalue weighted by Crippen LogP contribution is -2.45. The van der Waals surface area contributed by atoms with Gasteiger partial charge in [0.05, 0.1) is 6.04 Å². The summed E-state index contributed by atoms with van der Waals surface area (Å²) in [6.07, 6.45) is 1.07. The van der Waals surface area contributed by atoms with Crippen molar-refractivity contribution in [3.63, 3.8) is 0 Å². The Morgan fingerprint density at radius 2 is 1.89 bits per heavy atom. The van der Waals surface area contributed by atoms with Crippen LogP contribution in [0.1, 0.15) is 38.5 Å². The molecule has 2 aliphatic rings. The number of para-hydroxylation sites is 1. The lowest BCUT2D eigenvalue weighted by Gasteiger charge is -2.28. The van der Waals surface area contributed by atoms with Gasteiger partial charge in [-0.1, -0.05) is 48.0 Å². The number of hydrogen-bond donors (Lipinski definition) is 1. The van der Waals surface area contributed by atoms with Crippen molar-refractivity contribution >= 4 is 22.8 Å². The number of rotatable bonds is 5. The number of fused-ring (bicyclic) bond motifs is 2. The maximum atomic E-state index is 14.0. The Hall–Kier alpha value is -3.93. The summed E-state index contributed by atoms with van der Waals surface area (Å²) in [5, 5.41) is 3.95. The monoisotopic (exact) mass is 482 g/mol. The first-order chi connectivity index (χ1) is 17.4. The summed E-state index contributed by atoms with van der Waals surface area (Å²) in [5.74, 6) is 0.472. The highest BCUT2D eigenvalue weighted by atomic mass is 19.1. The number of carbonyl (C=O) groups is 2. The first kappa shape index (κ1) is 22.5. The fraction of sp³-hybridized carbons (Fsp3) is 0.267. The van der Waals surface area contributed by atoms with Crippen molar-refractivity contribution in [2.24, 2.45) is 11.8 Å². The molecule has 182 valence electrons. The molecule has 3 aromatic carbocycles. The molecule has 3 atom stereocenters. The van der Waals surface area contributed by atoms with E-state index in [4.69, 9.17) is 4.42 Å². The van der Waals surface area contributed by atoms with Gasteiger partial charge in [0.2, 0.25) is 0 Å². The van der Waals surface area contributed by atoms with Gasteiger partial charge in [0.1, 0.15) is 11.4 Å². The number of piperidine rings is 1. The summed E-state index contributed by atoms with van der Waals surface area (Å²) in [6.45, 7) is 4.88. The van der Waals surface area contributed by atoms with Crippen molar-refractivity contribution in [2.75, 3.05) is 13.1 Å². The molecule has 0 unspecified atom stereocenters. The molecule has 0 bridgehead atoms. The fourth-order valence-corrected chi connectivity index (χ4v) is 5.63. The van der Waals surface area contributed by atoms with Crippen LogP contribution in [0.5, 0.6) is 0 Å². The second-order valence-corrected chi connectivity index (χ2v) is 10.0. The number of carbonyl (C=O) groups excluding carboxylic acids is 2. The van der Waals surface area contributed by atoms with Crippen molar-refractivity contribution in [3.8, 4) is 11.1 Å². The van der Waals surface area contributed by atoms with Crippen LogP contribution in [-0.2, 0) is 0 Å². The van der Waals surface area contributed by atoms with Gasteiger partial charge < -0.3 is 14.6 Å². The zero-order valence-corrected chi connectivity index (χ0v) is 20.3. The Kier molecular flexibility index (Phi) is 5.40. The topological polar surface area (TPSA) is 62.6 Å². The van der Waals surface area contributed by atoms with Crippen LogP contribution in [0.15, 0.2) is 71.1 Å². The number of likely N-dealkylation sites (tertiary alicyclic amines) is 1. The molecule has 5 nitrogen and oxygen atoms in total. The molecular formula is C30H27FN2O3. The molecule has 1 saturated carbocycles. The number of nitrogens with one attached hydrogen (secondary N) is 1. The molecule has 2 fully saturated rings. The van der Waals surface area contributed by atoms with Gasteiger partial charge in [0.15, 0.2) is 5.76 Å². The van der Waals surface area contributed by atoms with Crippen LogP contribution < -0.4 is 5.32 Å². The molecule has 6 heteroatoms. The highest BCUT2D eigenvalue weighted by Crippen LogP contribution is 2.50. The summed E-state index contributed by atoms with van der Waals surface area (Å²) in [5.41, 5.74) is 4.45. The van der Waals surface area contributed by atoms with E-state index in [-0.39, 0.29) is 23.7 Å². The minimum absolute atomic E-state index is 0.0828. The SMILES string of the molecule is Cc1ccc(C(=O)N2C[C@H]3C[C@H]3[C@H]2CNC(=O)c2oc3ccccc3c2C)c(-c2cccc(F)c2)c1. The van der Waals surface area contributed by atoms with Gasteiger partial charge in [-0.25, -0.2) is 4.39 Å². The third kappa shape index (κ3) is 3.87. The minimum Gasteiger partial charge on any atom is -0.451 e. The summed E-state index contributed by atoms with van der Waals surface area (Å²) in [6, 6.07) is 19.5. The summed E-state index contributed by atoms with van der Waals surface area (Å²) in [4.78, 5) is 28.7. The van der Waals surface area contributed by atoms with E-state index < -0.39 is 0 Å². The number of benzene rings is 3. The number of halogens is 1. The molecule has 2 amide bonds. The molecule has 1 aliphatic carbocycles. The average molecular weight is 483 g/mol. The molecule has 0 spiro atoms. The second-order valence-electron chi connectivity index (χ2n) is 10.0. The maximum Gasteiger partial charge on any atom is 0.287 e. The molecule has 1 aromatic heterocycles. The third-order valence-electron chi connectivity index (χ3n) is 7.63. The summed E-state index contributed by atoms with van der Waals surface area (Å²) in [7, 11) is 0. The molecule has 2 heterocycles. The van der Waals surface area contributed by atoms with Gasteiger partial charge in [-0.05, 0) is 67.5 Å². The zero-order chi connectivity index (χ0) is 25.0. The number of amides is 2. The molecule has 1 saturated heterocycles. The van der Waals surface area contributed by atoms with Gasteiger partial charge in [-0.15, -0.1) is 0 Å². The molecule has 1 aliphatic heterocycles. The van der Waals surface area contributed by atoms with Crippen LogP contribution in [0.3, 0.4) is 0 Å². The highest BCUT2D eigenvalue weighted by Gasteiger charge is 2.54. The number of aryl methyl sites for hydroxylation is 2. The lowest BCUT2D eigenvalue weighted by molar-refractivity contribution is 0.0693. The van der Waals surface area contributed by atoms with Crippen molar-refractivity contribution in [1.29, 1.82) is 0 Å². The van der Waals surface area contributed by atoms with Crippen molar-refractivity contribution in [2.45, 2.75) is 26.3 Å². The summed E-state index contributed by atoms with van der Waals surface area (Å²) >= 11 is 0. The Labute approximate surface area is 208 Å². The van der Waals surface area contributed by atoms with Gasteiger partial charge >= 0.3 is 0 Å². The van der Waals surface area contributed by atoms with E-state index >= 15 is 0 Å². The number of nitrogens with zero attached hydrogens (tertiary/aromatic N) is 1. The molecule has 1 N–H and O–H groups in total. The third-order valence-corrected chi connectivity index (χ3v) is 7.63. The molecule has 36 heavy (non-hydrogen) atoms. The van der Waals surface area contributed by atoms with E-state index in [1.807, 2.05) is 67.3 Å². The molecule has 4 aromatic rings. The van der Waals surface area contributed by atoms with Crippen LogP contribution in [0.2, 0.25) is 0 Å². The van der Waals surface area contributed by atoms with E-state index in [9.17, 15) is 14.0 Å². The normalized spacial score (nSPS) is 20.4. The molecule has 0 radical (unpaired) electrons. The van der Waals surface area contributed by atoms with E-state index in [2.05, 4.69) is 5.32 Å². The maximum absolute atomic E-state index is 14.0. The van der Waals surface area contributed by atoms with E-state index in [0.29, 0.717) is 47.4 Å². The lowest BCUT2D eigenvalue weighted by atomic mass is 9.96. The molecular weight excluding hydrogens is 455 g/mol. The van der Waals surface area contributed by atoms with Crippen LogP contribution in [0.4, 0.5) is 4.39 Å². The van der Waals surface area contributed by atoms with Crippen molar-refractivity contribution < 1.29 is 18.4 Å². The fourth-order valence-electron chi connectivity index (χ4n) is 5.63. The Balaban J connectivity index is 1.24. The second kappa shape index (κ2) is 8.63. The summed E-state index contributed by atoms with van der Waals surface area (Å²) < 4.78 is 19.8.